The van der Waals surface area contributed by atoms with Crippen LogP contribution in [0.3, 0.4) is 0 Å². The second-order valence-corrected chi connectivity index (χ2v) is 7.83. The van der Waals surface area contributed by atoms with E-state index in [4.69, 9.17) is 11.6 Å². The zero-order valence-electron chi connectivity index (χ0n) is 14.7. The Morgan fingerprint density at radius 3 is 2.78 bits per heavy atom. The molecule has 4 heterocycles. The smallest absolute Gasteiger partial charge is 0.235 e. The number of halogens is 1. The lowest BCUT2D eigenvalue weighted by atomic mass is 10.2. The Balaban J connectivity index is 1.40. The topological polar surface area (TPSA) is 90.9 Å². The number of nitrogens with one attached hydrogen (secondary N) is 1. The molecule has 1 aliphatic heterocycles. The Kier molecular flexibility index (Phi) is 5.13. The van der Waals surface area contributed by atoms with Crippen LogP contribution in [0.4, 0.5) is 5.82 Å². The summed E-state index contributed by atoms with van der Waals surface area (Å²) in [5.41, 5.74) is 1.20. The van der Waals surface area contributed by atoms with Gasteiger partial charge in [0, 0.05) is 32.4 Å². The molecule has 0 aliphatic carbocycles. The fourth-order valence-corrected chi connectivity index (χ4v) is 4.24. The molecular weight excluding hydrogens is 386 g/mol. The van der Waals surface area contributed by atoms with Gasteiger partial charge in [-0.05, 0) is 30.7 Å². The summed E-state index contributed by atoms with van der Waals surface area (Å²) in [6.07, 6.45) is 3.33. The molecule has 1 N–H and O–H groups in total. The first kappa shape index (κ1) is 18.0. The standard InChI is InChI=1S/C17H18ClN7OS/c1-11(27-15-13-14(21-10-20-13)22-17(18)23-15)16(26)25-8-6-24(7-9-25)12-4-2-3-5-19-12/h2-5,10-11H,6-9H2,1H3,(H,20,21,22,23)/t11-/m0/s1. The van der Waals surface area contributed by atoms with Crippen LogP contribution in [0.5, 0.6) is 0 Å². The number of H-pyrrole nitrogens is 1. The van der Waals surface area contributed by atoms with Gasteiger partial charge in [0.15, 0.2) is 5.65 Å². The van der Waals surface area contributed by atoms with Crippen LogP contribution < -0.4 is 4.90 Å². The molecule has 0 unspecified atom stereocenters. The predicted molar refractivity (Wildman–Crippen MR) is 105 cm³/mol. The van der Waals surface area contributed by atoms with Crippen molar-refractivity contribution in [1.29, 1.82) is 0 Å². The number of amides is 1. The lowest BCUT2D eigenvalue weighted by molar-refractivity contribution is -0.130. The van der Waals surface area contributed by atoms with Gasteiger partial charge in [0.2, 0.25) is 11.2 Å². The number of imidazole rings is 1. The van der Waals surface area contributed by atoms with Crippen molar-refractivity contribution in [2.75, 3.05) is 31.1 Å². The molecule has 4 rings (SSSR count). The molecular formula is C17H18ClN7OS. The second kappa shape index (κ2) is 7.69. The third kappa shape index (κ3) is 3.84. The van der Waals surface area contributed by atoms with Crippen molar-refractivity contribution in [3.05, 3.63) is 36.0 Å². The van der Waals surface area contributed by atoms with E-state index in [-0.39, 0.29) is 16.4 Å². The first-order chi connectivity index (χ1) is 13.1. The lowest BCUT2D eigenvalue weighted by Crippen LogP contribution is -2.50. The Bertz CT molecular complexity index is 943. The number of aromatic amines is 1. The van der Waals surface area contributed by atoms with E-state index in [1.807, 2.05) is 30.0 Å². The number of nitrogens with zero attached hydrogens (tertiary/aromatic N) is 6. The van der Waals surface area contributed by atoms with E-state index in [0.29, 0.717) is 29.3 Å². The molecule has 3 aromatic rings. The van der Waals surface area contributed by atoms with Crippen molar-refractivity contribution >= 4 is 46.3 Å². The van der Waals surface area contributed by atoms with Gasteiger partial charge in [-0.1, -0.05) is 17.8 Å². The number of thioether (sulfide) groups is 1. The van der Waals surface area contributed by atoms with E-state index < -0.39 is 0 Å². The first-order valence-electron chi connectivity index (χ1n) is 8.60. The number of carbonyl (C=O) groups is 1. The molecule has 1 atom stereocenters. The SMILES string of the molecule is C[C@H](Sc1nc(Cl)nc2nc[nH]c12)C(=O)N1CCN(c2ccccn2)CC1. The van der Waals surface area contributed by atoms with E-state index in [9.17, 15) is 4.79 Å². The van der Waals surface area contributed by atoms with Gasteiger partial charge in [-0.15, -0.1) is 0 Å². The third-order valence-corrected chi connectivity index (χ3v) is 5.67. The Hall–Kier alpha value is -2.39. The van der Waals surface area contributed by atoms with Gasteiger partial charge in [0.05, 0.1) is 11.6 Å². The summed E-state index contributed by atoms with van der Waals surface area (Å²) in [5.74, 6) is 1.03. The van der Waals surface area contributed by atoms with Gasteiger partial charge in [-0.3, -0.25) is 4.79 Å². The van der Waals surface area contributed by atoms with Crippen LogP contribution in [0, 0.1) is 0 Å². The highest BCUT2D eigenvalue weighted by molar-refractivity contribution is 8.00. The largest absolute Gasteiger partial charge is 0.353 e. The van der Waals surface area contributed by atoms with Crippen molar-refractivity contribution in [3.8, 4) is 0 Å². The summed E-state index contributed by atoms with van der Waals surface area (Å²) in [4.78, 5) is 36.8. The van der Waals surface area contributed by atoms with Gasteiger partial charge >= 0.3 is 0 Å². The number of aromatic nitrogens is 5. The molecule has 1 amide bonds. The number of fused-ring (bicyclic) bond motifs is 1. The molecule has 0 radical (unpaired) electrons. The second-order valence-electron chi connectivity index (χ2n) is 6.16. The third-order valence-electron chi connectivity index (χ3n) is 4.43. The number of rotatable bonds is 4. The highest BCUT2D eigenvalue weighted by atomic mass is 35.5. The molecule has 140 valence electrons. The minimum absolute atomic E-state index is 0.0862. The molecule has 1 fully saturated rings. The zero-order valence-corrected chi connectivity index (χ0v) is 16.2. The molecule has 0 saturated carbocycles. The first-order valence-corrected chi connectivity index (χ1v) is 9.85. The molecule has 1 saturated heterocycles. The number of carbonyl (C=O) groups excluding carboxylic acids is 1. The van der Waals surface area contributed by atoms with E-state index in [1.165, 1.54) is 11.8 Å². The van der Waals surface area contributed by atoms with E-state index in [0.717, 1.165) is 18.9 Å². The molecule has 0 bridgehead atoms. The van der Waals surface area contributed by atoms with Crippen LogP contribution in [-0.2, 0) is 4.79 Å². The molecule has 3 aromatic heterocycles. The van der Waals surface area contributed by atoms with Gasteiger partial charge in [-0.2, -0.15) is 4.98 Å². The average molecular weight is 404 g/mol. The molecule has 10 heteroatoms. The molecule has 1 aliphatic rings. The Morgan fingerprint density at radius 2 is 2.04 bits per heavy atom. The molecule has 0 aromatic carbocycles. The van der Waals surface area contributed by atoms with Crippen LogP contribution in [-0.4, -0.2) is 67.2 Å². The number of hydrogen-bond donors (Lipinski definition) is 1. The number of hydrogen-bond acceptors (Lipinski definition) is 7. The predicted octanol–water partition coefficient (Wildman–Crippen LogP) is 2.23. The normalized spacial score (nSPS) is 15.9. The Labute approximate surface area is 165 Å². The van der Waals surface area contributed by atoms with Crippen molar-refractivity contribution in [2.45, 2.75) is 17.2 Å². The summed E-state index contributed by atoms with van der Waals surface area (Å²) in [6, 6.07) is 5.87. The minimum atomic E-state index is -0.288. The molecule has 0 spiro atoms. The van der Waals surface area contributed by atoms with E-state index in [1.54, 1.807) is 12.5 Å². The quantitative estimate of drug-likeness (QED) is 0.405. The van der Waals surface area contributed by atoms with Gasteiger partial charge in [0.1, 0.15) is 16.4 Å². The van der Waals surface area contributed by atoms with Crippen LogP contribution in [0.2, 0.25) is 5.28 Å². The van der Waals surface area contributed by atoms with Crippen LogP contribution in [0.1, 0.15) is 6.92 Å². The van der Waals surface area contributed by atoms with Gasteiger partial charge in [-0.25, -0.2) is 15.0 Å². The maximum Gasteiger partial charge on any atom is 0.235 e. The number of piperazine rings is 1. The summed E-state index contributed by atoms with van der Waals surface area (Å²) in [7, 11) is 0. The van der Waals surface area contributed by atoms with E-state index in [2.05, 4.69) is 29.8 Å². The monoisotopic (exact) mass is 403 g/mol. The average Bonchev–Trinajstić information content (AvgIpc) is 3.17. The van der Waals surface area contributed by atoms with Crippen molar-refractivity contribution in [3.63, 3.8) is 0 Å². The van der Waals surface area contributed by atoms with Crippen LogP contribution >= 0.6 is 23.4 Å². The van der Waals surface area contributed by atoms with Crippen molar-refractivity contribution in [2.24, 2.45) is 0 Å². The maximum atomic E-state index is 12.9. The summed E-state index contributed by atoms with van der Waals surface area (Å²) in [6.45, 7) is 4.76. The van der Waals surface area contributed by atoms with Gasteiger partial charge in [0.25, 0.3) is 0 Å². The molecule has 27 heavy (non-hydrogen) atoms. The van der Waals surface area contributed by atoms with Crippen molar-refractivity contribution < 1.29 is 4.79 Å². The fourth-order valence-electron chi connectivity index (χ4n) is 3.04. The van der Waals surface area contributed by atoms with Gasteiger partial charge < -0.3 is 14.8 Å². The minimum Gasteiger partial charge on any atom is -0.353 e. The van der Waals surface area contributed by atoms with Crippen LogP contribution in [0.15, 0.2) is 35.7 Å². The number of pyridine rings is 1. The fraction of sp³-hybridized carbons (Fsp3) is 0.353. The summed E-state index contributed by atoms with van der Waals surface area (Å²) < 4.78 is 0. The molecule has 8 nitrogen and oxygen atoms in total. The Morgan fingerprint density at radius 1 is 1.22 bits per heavy atom. The lowest BCUT2D eigenvalue weighted by Gasteiger charge is -2.36. The highest BCUT2D eigenvalue weighted by Crippen LogP contribution is 2.29. The van der Waals surface area contributed by atoms with Crippen molar-refractivity contribution in [1.82, 2.24) is 29.8 Å². The summed E-state index contributed by atoms with van der Waals surface area (Å²) in [5, 5.41) is 0.472. The maximum absolute atomic E-state index is 12.9. The van der Waals surface area contributed by atoms with E-state index >= 15 is 0 Å². The van der Waals surface area contributed by atoms with Crippen LogP contribution in [0.25, 0.3) is 11.2 Å². The zero-order chi connectivity index (χ0) is 18.8. The number of anilines is 1. The highest BCUT2D eigenvalue weighted by Gasteiger charge is 2.27. The summed E-state index contributed by atoms with van der Waals surface area (Å²) >= 11 is 7.34.